The predicted octanol–water partition coefficient (Wildman–Crippen LogP) is 4.08. The molecule has 0 spiro atoms. The van der Waals surface area contributed by atoms with Crippen LogP contribution in [-0.2, 0) is 0 Å². The lowest BCUT2D eigenvalue weighted by molar-refractivity contribution is -0.384. The molecule has 1 amide bonds. The normalized spacial score (nSPS) is 10.2. The molecule has 1 N–H and O–H groups in total. The number of pyridine rings is 1. The number of non-ortho nitro benzene ring substituents is 1. The first-order valence-corrected chi connectivity index (χ1v) is 7.34. The second-order valence-corrected chi connectivity index (χ2v) is 5.96. The molecule has 0 aliphatic heterocycles. The molecule has 6 nitrogen and oxygen atoms in total. The maximum atomic E-state index is 12.2. The number of nitro benzene ring substituents is 1. The van der Waals surface area contributed by atoms with Crippen molar-refractivity contribution in [1.29, 1.82) is 0 Å². The Balaban J connectivity index is 2.32. The van der Waals surface area contributed by atoms with Crippen molar-refractivity contribution in [2.75, 3.05) is 5.32 Å². The van der Waals surface area contributed by atoms with E-state index in [1.54, 1.807) is 13.1 Å². The highest BCUT2D eigenvalue weighted by molar-refractivity contribution is 9.10. The van der Waals surface area contributed by atoms with Crippen LogP contribution in [0, 0.1) is 17.0 Å². The SMILES string of the molecule is Cc1cc(Br)cnc1NC(=O)c1cc([N+](=O)[O-])ccc1Br. The first-order valence-electron chi connectivity index (χ1n) is 5.76. The average molecular weight is 415 g/mol. The van der Waals surface area contributed by atoms with Crippen molar-refractivity contribution in [3.63, 3.8) is 0 Å². The van der Waals surface area contributed by atoms with E-state index in [-0.39, 0.29) is 11.3 Å². The van der Waals surface area contributed by atoms with Crippen molar-refractivity contribution in [2.24, 2.45) is 0 Å². The molecule has 108 valence electrons. The van der Waals surface area contributed by atoms with Crippen molar-refractivity contribution in [1.82, 2.24) is 4.98 Å². The number of nitrogens with one attached hydrogen (secondary N) is 1. The Bertz CT molecular complexity index is 735. The first-order chi connectivity index (χ1) is 9.88. The van der Waals surface area contributed by atoms with E-state index < -0.39 is 10.8 Å². The van der Waals surface area contributed by atoms with Gasteiger partial charge in [0.25, 0.3) is 11.6 Å². The van der Waals surface area contributed by atoms with Crippen molar-refractivity contribution >= 4 is 49.3 Å². The summed E-state index contributed by atoms with van der Waals surface area (Å²) in [7, 11) is 0. The molecule has 1 heterocycles. The molecular weight excluding hydrogens is 406 g/mol. The number of carbonyl (C=O) groups is 1. The third kappa shape index (κ3) is 3.64. The van der Waals surface area contributed by atoms with E-state index in [2.05, 4.69) is 42.2 Å². The molecule has 1 aromatic heterocycles. The van der Waals surface area contributed by atoms with Crippen molar-refractivity contribution in [3.05, 3.63) is 60.6 Å². The Morgan fingerprint density at radius 3 is 2.67 bits per heavy atom. The van der Waals surface area contributed by atoms with Crippen LogP contribution in [0.25, 0.3) is 0 Å². The topological polar surface area (TPSA) is 85.1 Å². The smallest absolute Gasteiger partial charge is 0.270 e. The number of hydrogen-bond acceptors (Lipinski definition) is 4. The first kappa shape index (κ1) is 15.6. The molecule has 2 rings (SSSR count). The van der Waals surface area contributed by atoms with Crippen LogP contribution >= 0.6 is 31.9 Å². The van der Waals surface area contributed by atoms with Crippen LogP contribution in [0.5, 0.6) is 0 Å². The minimum atomic E-state index is -0.549. The van der Waals surface area contributed by atoms with E-state index in [9.17, 15) is 14.9 Å². The standard InChI is InChI=1S/C13H9Br2N3O3/c1-7-4-8(14)6-16-12(7)17-13(19)10-5-9(18(20)21)2-3-11(10)15/h2-6H,1H3,(H,16,17,19). The Morgan fingerprint density at radius 1 is 1.33 bits per heavy atom. The lowest BCUT2D eigenvalue weighted by Crippen LogP contribution is -2.14. The molecule has 2 aromatic rings. The zero-order valence-electron chi connectivity index (χ0n) is 10.8. The van der Waals surface area contributed by atoms with E-state index in [1.165, 1.54) is 18.2 Å². The number of aromatic nitrogens is 1. The van der Waals surface area contributed by atoms with Gasteiger partial charge in [0, 0.05) is 27.3 Å². The maximum Gasteiger partial charge on any atom is 0.270 e. The molecule has 0 fully saturated rings. The molecule has 0 aliphatic rings. The highest BCUT2D eigenvalue weighted by Gasteiger charge is 2.16. The zero-order valence-corrected chi connectivity index (χ0v) is 13.9. The van der Waals surface area contributed by atoms with E-state index in [1.807, 2.05) is 6.07 Å². The molecule has 1 aromatic carbocycles. The summed E-state index contributed by atoms with van der Waals surface area (Å²) in [4.78, 5) is 26.6. The lowest BCUT2D eigenvalue weighted by Gasteiger charge is -2.08. The van der Waals surface area contributed by atoms with Gasteiger partial charge in [-0.05, 0) is 56.5 Å². The summed E-state index contributed by atoms with van der Waals surface area (Å²) in [6.45, 7) is 1.80. The van der Waals surface area contributed by atoms with Crippen LogP contribution in [0.4, 0.5) is 11.5 Å². The number of aryl methyl sites for hydroxylation is 1. The largest absolute Gasteiger partial charge is 0.306 e. The minimum absolute atomic E-state index is 0.149. The van der Waals surface area contributed by atoms with Crippen molar-refractivity contribution in [3.8, 4) is 0 Å². The number of hydrogen-bond donors (Lipinski definition) is 1. The maximum absolute atomic E-state index is 12.2. The van der Waals surface area contributed by atoms with Crippen LogP contribution in [0.2, 0.25) is 0 Å². The lowest BCUT2D eigenvalue weighted by atomic mass is 10.2. The molecule has 0 saturated heterocycles. The second-order valence-electron chi connectivity index (χ2n) is 4.19. The Hall–Kier alpha value is -1.80. The molecule has 21 heavy (non-hydrogen) atoms. The summed E-state index contributed by atoms with van der Waals surface area (Å²) < 4.78 is 1.27. The number of amides is 1. The summed E-state index contributed by atoms with van der Waals surface area (Å²) >= 11 is 6.50. The van der Waals surface area contributed by atoms with Crippen LogP contribution in [0.3, 0.4) is 0 Å². The van der Waals surface area contributed by atoms with Gasteiger partial charge in [0.05, 0.1) is 10.5 Å². The van der Waals surface area contributed by atoms with Gasteiger partial charge in [-0.1, -0.05) is 0 Å². The number of benzene rings is 1. The quantitative estimate of drug-likeness (QED) is 0.605. The highest BCUT2D eigenvalue weighted by atomic mass is 79.9. The Labute approximate surface area is 137 Å². The van der Waals surface area contributed by atoms with Gasteiger partial charge in [-0.25, -0.2) is 4.98 Å². The fourth-order valence-electron chi connectivity index (χ4n) is 1.65. The van der Waals surface area contributed by atoms with E-state index in [0.717, 1.165) is 10.0 Å². The molecule has 0 radical (unpaired) electrons. The number of carbonyl (C=O) groups excluding carboxylic acids is 1. The molecule has 0 atom stereocenters. The third-order valence-electron chi connectivity index (χ3n) is 2.68. The van der Waals surface area contributed by atoms with E-state index >= 15 is 0 Å². The van der Waals surface area contributed by atoms with Crippen LogP contribution in [0.15, 0.2) is 39.4 Å². The fraction of sp³-hybridized carbons (Fsp3) is 0.0769. The molecule has 8 heteroatoms. The Morgan fingerprint density at radius 2 is 2.05 bits per heavy atom. The summed E-state index contributed by atoms with van der Waals surface area (Å²) in [5.41, 5.74) is 0.802. The summed E-state index contributed by atoms with van der Waals surface area (Å²) in [5, 5.41) is 13.4. The van der Waals surface area contributed by atoms with Gasteiger partial charge < -0.3 is 5.32 Å². The van der Waals surface area contributed by atoms with Crippen molar-refractivity contribution < 1.29 is 9.72 Å². The Kier molecular flexibility index (Phi) is 4.69. The molecular formula is C13H9Br2N3O3. The number of anilines is 1. The van der Waals surface area contributed by atoms with Gasteiger partial charge in [-0.2, -0.15) is 0 Å². The van der Waals surface area contributed by atoms with Gasteiger partial charge >= 0.3 is 0 Å². The van der Waals surface area contributed by atoms with Gasteiger partial charge in [-0.15, -0.1) is 0 Å². The summed E-state index contributed by atoms with van der Waals surface area (Å²) in [6.07, 6.45) is 1.56. The molecule has 0 aliphatic carbocycles. The predicted molar refractivity (Wildman–Crippen MR) is 85.4 cm³/mol. The van der Waals surface area contributed by atoms with Crippen LogP contribution in [0.1, 0.15) is 15.9 Å². The zero-order chi connectivity index (χ0) is 15.6. The van der Waals surface area contributed by atoms with E-state index in [4.69, 9.17) is 0 Å². The van der Waals surface area contributed by atoms with Gasteiger partial charge in [-0.3, -0.25) is 14.9 Å². The molecule has 0 saturated carbocycles. The monoisotopic (exact) mass is 413 g/mol. The highest BCUT2D eigenvalue weighted by Crippen LogP contribution is 2.24. The van der Waals surface area contributed by atoms with Gasteiger partial charge in [0.2, 0.25) is 0 Å². The number of halogens is 2. The molecule has 0 bridgehead atoms. The van der Waals surface area contributed by atoms with Crippen LogP contribution in [-0.4, -0.2) is 15.8 Å². The van der Waals surface area contributed by atoms with E-state index in [0.29, 0.717) is 10.3 Å². The van der Waals surface area contributed by atoms with Crippen LogP contribution < -0.4 is 5.32 Å². The van der Waals surface area contributed by atoms with Gasteiger partial charge in [0.1, 0.15) is 5.82 Å². The van der Waals surface area contributed by atoms with Crippen molar-refractivity contribution in [2.45, 2.75) is 6.92 Å². The van der Waals surface area contributed by atoms with Gasteiger partial charge in [0.15, 0.2) is 0 Å². The fourth-order valence-corrected chi connectivity index (χ4v) is 2.52. The minimum Gasteiger partial charge on any atom is -0.306 e. The number of nitrogens with zero attached hydrogens (tertiary/aromatic N) is 2. The third-order valence-corrected chi connectivity index (χ3v) is 3.81. The summed E-state index contributed by atoms with van der Waals surface area (Å²) in [6, 6.07) is 5.82. The average Bonchev–Trinajstić information content (AvgIpc) is 2.42. The number of nitro groups is 1. The number of rotatable bonds is 3. The molecule has 0 unspecified atom stereocenters. The second kappa shape index (κ2) is 6.31. The summed E-state index contributed by atoms with van der Waals surface area (Å²) in [5.74, 6) is -0.0647.